The van der Waals surface area contributed by atoms with Crippen molar-refractivity contribution >= 4 is 31.6 Å². The van der Waals surface area contributed by atoms with Crippen LogP contribution in [0.25, 0.3) is 31.7 Å². The summed E-state index contributed by atoms with van der Waals surface area (Å²) < 4.78 is 7.70. The first-order chi connectivity index (χ1) is 13.1. The molecule has 2 aromatic carbocycles. The zero-order valence-corrected chi connectivity index (χ0v) is 15.8. The molecule has 6 heteroatoms. The molecule has 1 aliphatic carbocycles. The third-order valence-electron chi connectivity index (χ3n) is 5.24. The average molecular weight is 378 g/mol. The minimum Gasteiger partial charge on any atom is -0.506 e. The largest absolute Gasteiger partial charge is 0.506 e. The Bertz CT molecular complexity index is 1270. The van der Waals surface area contributed by atoms with Crippen LogP contribution in [0.3, 0.4) is 0 Å². The number of methoxy groups -OCH3 is 1. The average Bonchev–Trinajstić information content (AvgIpc) is 3.45. The van der Waals surface area contributed by atoms with Crippen LogP contribution in [0.5, 0.6) is 11.5 Å². The van der Waals surface area contributed by atoms with Gasteiger partial charge in [0.15, 0.2) is 0 Å². The summed E-state index contributed by atoms with van der Waals surface area (Å²) in [6.07, 6.45) is 2.29. The molecule has 136 valence electrons. The molecular formula is C21H18N2O3S. The number of hydrogen-bond acceptors (Lipinski definition) is 5. The molecule has 27 heavy (non-hydrogen) atoms. The second kappa shape index (κ2) is 5.82. The number of ether oxygens (including phenoxy) is 1. The van der Waals surface area contributed by atoms with Crippen LogP contribution in [0, 0.1) is 0 Å². The highest BCUT2D eigenvalue weighted by atomic mass is 32.1. The van der Waals surface area contributed by atoms with Crippen LogP contribution in [0.1, 0.15) is 24.3 Å². The predicted molar refractivity (Wildman–Crippen MR) is 108 cm³/mol. The smallest absolute Gasteiger partial charge is 0.262 e. The van der Waals surface area contributed by atoms with E-state index >= 15 is 0 Å². The van der Waals surface area contributed by atoms with Crippen LogP contribution in [-0.2, 0) is 7.05 Å². The van der Waals surface area contributed by atoms with Gasteiger partial charge in [-0.3, -0.25) is 9.36 Å². The number of phenols is 1. The molecule has 0 spiro atoms. The molecule has 2 aromatic heterocycles. The Hall–Kier alpha value is -2.86. The van der Waals surface area contributed by atoms with Gasteiger partial charge in [0.1, 0.15) is 22.2 Å². The van der Waals surface area contributed by atoms with E-state index in [0.717, 1.165) is 29.5 Å². The number of fused-ring (bicyclic) bond motifs is 3. The molecule has 0 unspecified atom stereocenters. The maximum Gasteiger partial charge on any atom is 0.262 e. The van der Waals surface area contributed by atoms with E-state index in [2.05, 4.69) is 6.07 Å². The molecule has 0 radical (unpaired) electrons. The summed E-state index contributed by atoms with van der Waals surface area (Å²) >= 11 is 1.36. The van der Waals surface area contributed by atoms with Crippen molar-refractivity contribution in [2.75, 3.05) is 7.11 Å². The fraction of sp³-hybridized carbons (Fsp3) is 0.238. The number of hydrogen-bond donors (Lipinski definition) is 1. The van der Waals surface area contributed by atoms with E-state index in [-0.39, 0.29) is 11.3 Å². The molecule has 5 nitrogen and oxygen atoms in total. The number of aromatic nitrogens is 2. The molecule has 5 rings (SSSR count). The Kier molecular flexibility index (Phi) is 3.52. The van der Waals surface area contributed by atoms with Gasteiger partial charge in [-0.25, -0.2) is 4.98 Å². The normalized spacial score (nSPS) is 14.1. The fourth-order valence-electron chi connectivity index (χ4n) is 3.66. The van der Waals surface area contributed by atoms with Crippen molar-refractivity contribution in [3.05, 3.63) is 52.3 Å². The third kappa shape index (κ3) is 2.44. The minimum absolute atomic E-state index is 0.0931. The molecule has 0 atom stereocenters. The summed E-state index contributed by atoms with van der Waals surface area (Å²) in [6.45, 7) is 0. The van der Waals surface area contributed by atoms with Gasteiger partial charge < -0.3 is 9.84 Å². The number of thiophene rings is 1. The van der Waals surface area contributed by atoms with Gasteiger partial charge in [0, 0.05) is 18.0 Å². The maximum atomic E-state index is 13.2. The van der Waals surface area contributed by atoms with E-state index in [9.17, 15) is 9.90 Å². The maximum absolute atomic E-state index is 13.2. The number of benzene rings is 2. The minimum atomic E-state index is -0.0931. The van der Waals surface area contributed by atoms with Crippen molar-refractivity contribution in [2.45, 2.75) is 18.8 Å². The highest BCUT2D eigenvalue weighted by molar-refractivity contribution is 7.25. The molecular weight excluding hydrogens is 360 g/mol. The molecule has 4 aromatic rings. The SMILES string of the molecule is COc1ccc(-c2nc3sc4c(O)cccc4c3c(=O)n2C)c(C2CC2)c1. The van der Waals surface area contributed by atoms with Crippen LogP contribution in [-0.4, -0.2) is 21.8 Å². The van der Waals surface area contributed by atoms with Crippen molar-refractivity contribution in [1.82, 2.24) is 9.55 Å². The van der Waals surface area contributed by atoms with Crippen molar-refractivity contribution in [2.24, 2.45) is 7.05 Å². The van der Waals surface area contributed by atoms with Crippen LogP contribution >= 0.6 is 11.3 Å². The predicted octanol–water partition coefficient (Wildman–Crippen LogP) is 4.41. The van der Waals surface area contributed by atoms with Gasteiger partial charge in [0.25, 0.3) is 5.56 Å². The van der Waals surface area contributed by atoms with Gasteiger partial charge in [-0.05, 0) is 48.6 Å². The standard InChI is InChI=1S/C21H18N2O3S/c1-23-19(13-9-8-12(26-2)10-15(13)11-6-7-11)22-20-17(21(23)25)14-4-3-5-16(24)18(14)27-20/h3-5,8-11,24H,6-7H2,1-2H3. The lowest BCUT2D eigenvalue weighted by atomic mass is 10.0. The first-order valence-electron chi connectivity index (χ1n) is 8.88. The van der Waals surface area contributed by atoms with Crippen molar-refractivity contribution in [1.29, 1.82) is 0 Å². The van der Waals surface area contributed by atoms with Crippen molar-refractivity contribution in [3.63, 3.8) is 0 Å². The zero-order chi connectivity index (χ0) is 18.7. The van der Waals surface area contributed by atoms with Gasteiger partial charge in [0.2, 0.25) is 0 Å². The highest BCUT2D eigenvalue weighted by Gasteiger charge is 2.28. The quantitative estimate of drug-likeness (QED) is 0.574. The first-order valence-corrected chi connectivity index (χ1v) is 9.69. The number of nitrogens with zero attached hydrogens (tertiary/aromatic N) is 2. The Balaban J connectivity index is 1.83. The molecule has 2 heterocycles. The Morgan fingerprint density at radius 2 is 2.07 bits per heavy atom. The van der Waals surface area contributed by atoms with Gasteiger partial charge in [-0.1, -0.05) is 12.1 Å². The van der Waals surface area contributed by atoms with E-state index in [0.29, 0.717) is 26.7 Å². The second-order valence-corrected chi connectivity index (χ2v) is 7.96. The fourth-order valence-corrected chi connectivity index (χ4v) is 4.73. The van der Waals surface area contributed by atoms with E-state index in [1.54, 1.807) is 30.9 Å². The number of aromatic hydroxyl groups is 1. The summed E-state index contributed by atoms with van der Waals surface area (Å²) in [4.78, 5) is 18.6. The highest BCUT2D eigenvalue weighted by Crippen LogP contribution is 2.45. The van der Waals surface area contributed by atoms with Crippen LogP contribution in [0.15, 0.2) is 41.2 Å². The molecule has 0 aliphatic heterocycles. The molecule has 1 N–H and O–H groups in total. The monoisotopic (exact) mass is 378 g/mol. The molecule has 0 bridgehead atoms. The van der Waals surface area contributed by atoms with E-state index in [1.807, 2.05) is 18.2 Å². The second-order valence-electron chi connectivity index (χ2n) is 6.96. The first kappa shape index (κ1) is 16.3. The summed E-state index contributed by atoms with van der Waals surface area (Å²) in [5.41, 5.74) is 2.06. The lowest BCUT2D eigenvalue weighted by Gasteiger charge is -2.13. The summed E-state index contributed by atoms with van der Waals surface area (Å²) in [5, 5.41) is 11.5. The van der Waals surface area contributed by atoms with Gasteiger partial charge in [-0.2, -0.15) is 0 Å². The van der Waals surface area contributed by atoms with Crippen molar-refractivity contribution in [3.8, 4) is 22.9 Å². The molecule has 0 amide bonds. The summed E-state index contributed by atoms with van der Waals surface area (Å²) in [6, 6.07) is 11.2. The summed E-state index contributed by atoms with van der Waals surface area (Å²) in [7, 11) is 3.42. The lowest BCUT2D eigenvalue weighted by molar-refractivity contribution is 0.414. The Morgan fingerprint density at radius 3 is 2.81 bits per heavy atom. The van der Waals surface area contributed by atoms with Crippen molar-refractivity contribution < 1.29 is 9.84 Å². The zero-order valence-electron chi connectivity index (χ0n) is 15.0. The van der Waals surface area contributed by atoms with E-state index in [1.165, 1.54) is 16.9 Å². The Morgan fingerprint density at radius 1 is 1.26 bits per heavy atom. The molecule has 1 aliphatic rings. The number of phenolic OH excluding ortho intramolecular Hbond substituents is 1. The molecule has 1 saturated carbocycles. The van der Waals surface area contributed by atoms with Crippen LogP contribution in [0.4, 0.5) is 0 Å². The van der Waals surface area contributed by atoms with Gasteiger partial charge >= 0.3 is 0 Å². The van der Waals surface area contributed by atoms with E-state index in [4.69, 9.17) is 9.72 Å². The topological polar surface area (TPSA) is 64.3 Å². The van der Waals surface area contributed by atoms with Gasteiger partial charge in [-0.15, -0.1) is 11.3 Å². The molecule has 1 fully saturated rings. The Labute approximate surface area is 159 Å². The van der Waals surface area contributed by atoms with Crippen LogP contribution in [0.2, 0.25) is 0 Å². The van der Waals surface area contributed by atoms with Crippen LogP contribution < -0.4 is 10.3 Å². The van der Waals surface area contributed by atoms with Gasteiger partial charge in [0.05, 0.1) is 17.2 Å². The van der Waals surface area contributed by atoms with E-state index < -0.39 is 0 Å². The lowest BCUT2D eigenvalue weighted by Crippen LogP contribution is -2.20. The third-order valence-corrected chi connectivity index (χ3v) is 6.36. The summed E-state index contributed by atoms with van der Waals surface area (Å²) in [5.74, 6) is 2.15. The number of rotatable bonds is 3. The molecule has 0 saturated heterocycles.